The lowest BCUT2D eigenvalue weighted by atomic mass is 9.95. The van der Waals surface area contributed by atoms with Crippen molar-refractivity contribution in [3.05, 3.63) is 53.7 Å². The summed E-state index contributed by atoms with van der Waals surface area (Å²) in [5, 5.41) is 4.34. The van der Waals surface area contributed by atoms with Crippen LogP contribution >= 0.6 is 0 Å². The summed E-state index contributed by atoms with van der Waals surface area (Å²) in [4.78, 5) is 15.3. The maximum absolute atomic E-state index is 12.8. The smallest absolute Gasteiger partial charge is 0.223 e. The topological polar surface area (TPSA) is 65.0 Å². The van der Waals surface area contributed by atoms with Crippen LogP contribution in [0.25, 0.3) is 10.9 Å². The van der Waals surface area contributed by atoms with Crippen molar-refractivity contribution in [2.45, 2.75) is 39.4 Å². The molecule has 2 heterocycles. The lowest BCUT2D eigenvalue weighted by Gasteiger charge is -2.31. The number of rotatable bonds is 9. The van der Waals surface area contributed by atoms with Crippen LogP contribution in [0.1, 0.15) is 30.9 Å². The monoisotopic (exact) mass is 465 g/mol. The first-order chi connectivity index (χ1) is 16.5. The molecule has 7 heteroatoms. The average molecular weight is 466 g/mol. The van der Waals surface area contributed by atoms with Gasteiger partial charge in [-0.25, -0.2) is 0 Å². The van der Waals surface area contributed by atoms with Gasteiger partial charge in [-0.2, -0.15) is 0 Å². The Bertz CT molecular complexity index is 1110. The van der Waals surface area contributed by atoms with E-state index in [0.717, 1.165) is 61.8 Å². The van der Waals surface area contributed by atoms with Crippen LogP contribution in [-0.2, 0) is 24.4 Å². The fraction of sp³-hybridized carbons (Fsp3) is 0.444. The van der Waals surface area contributed by atoms with Gasteiger partial charge in [-0.15, -0.1) is 0 Å². The van der Waals surface area contributed by atoms with Crippen molar-refractivity contribution in [3.8, 4) is 17.2 Å². The number of nitrogens with zero attached hydrogens (tertiary/aromatic N) is 2. The predicted molar refractivity (Wildman–Crippen MR) is 134 cm³/mol. The minimum Gasteiger partial charge on any atom is -0.497 e. The standard InChI is InChI=1S/C27H35N3O4/c1-5-30-18-21(25-15-22(32-2)6-7-26(25)30)17-29-10-8-20(9-11-29)27(31)28-16-19-12-23(33-3)14-24(13-19)34-4/h6-7,12-15,18,20H,5,8-11,16-17H2,1-4H3,(H,28,31). The van der Waals surface area contributed by atoms with Crippen molar-refractivity contribution in [1.29, 1.82) is 0 Å². The molecule has 0 aliphatic carbocycles. The Morgan fingerprint density at radius 3 is 2.26 bits per heavy atom. The van der Waals surface area contributed by atoms with Gasteiger partial charge in [0.15, 0.2) is 0 Å². The van der Waals surface area contributed by atoms with E-state index in [0.29, 0.717) is 6.54 Å². The number of hydrogen-bond donors (Lipinski definition) is 1. The van der Waals surface area contributed by atoms with Gasteiger partial charge in [-0.1, -0.05) is 0 Å². The highest BCUT2D eigenvalue weighted by Gasteiger charge is 2.25. The zero-order valence-electron chi connectivity index (χ0n) is 20.6. The number of benzene rings is 2. The Morgan fingerprint density at radius 2 is 1.65 bits per heavy atom. The summed E-state index contributed by atoms with van der Waals surface area (Å²) < 4.78 is 18.4. The van der Waals surface area contributed by atoms with Crippen LogP contribution in [0, 0.1) is 5.92 Å². The van der Waals surface area contributed by atoms with Crippen molar-refractivity contribution in [2.24, 2.45) is 5.92 Å². The second-order valence-electron chi connectivity index (χ2n) is 8.81. The number of ether oxygens (including phenoxy) is 3. The summed E-state index contributed by atoms with van der Waals surface area (Å²) in [6.45, 7) is 6.27. The van der Waals surface area contributed by atoms with Crippen LogP contribution in [0.3, 0.4) is 0 Å². The van der Waals surface area contributed by atoms with E-state index in [1.807, 2.05) is 24.3 Å². The summed E-state index contributed by atoms with van der Waals surface area (Å²) >= 11 is 0. The van der Waals surface area contributed by atoms with Crippen LogP contribution < -0.4 is 19.5 Å². The van der Waals surface area contributed by atoms with Crippen molar-refractivity contribution in [2.75, 3.05) is 34.4 Å². The van der Waals surface area contributed by atoms with Gasteiger partial charge in [-0.3, -0.25) is 9.69 Å². The van der Waals surface area contributed by atoms with E-state index in [-0.39, 0.29) is 11.8 Å². The quantitative estimate of drug-likeness (QED) is 0.513. The molecule has 0 radical (unpaired) electrons. The number of fused-ring (bicyclic) bond motifs is 1. The molecular weight excluding hydrogens is 430 g/mol. The molecule has 0 bridgehead atoms. The van der Waals surface area contributed by atoms with Crippen molar-refractivity contribution >= 4 is 16.8 Å². The number of amides is 1. The summed E-state index contributed by atoms with van der Waals surface area (Å²) in [5.74, 6) is 2.49. The van der Waals surface area contributed by atoms with Crippen LogP contribution in [0.5, 0.6) is 17.2 Å². The van der Waals surface area contributed by atoms with Gasteiger partial charge in [-0.05, 0) is 74.3 Å². The van der Waals surface area contributed by atoms with Crippen LogP contribution in [-0.4, -0.2) is 49.8 Å². The molecule has 0 saturated carbocycles. The molecule has 1 aliphatic heterocycles. The maximum atomic E-state index is 12.8. The molecule has 1 aliphatic rings. The molecule has 7 nitrogen and oxygen atoms in total. The lowest BCUT2D eigenvalue weighted by Crippen LogP contribution is -2.40. The third-order valence-corrected chi connectivity index (χ3v) is 6.74. The van der Waals surface area contributed by atoms with E-state index in [9.17, 15) is 4.79 Å². The van der Waals surface area contributed by atoms with Gasteiger partial charge < -0.3 is 24.1 Å². The van der Waals surface area contributed by atoms with E-state index in [1.165, 1.54) is 16.5 Å². The molecule has 0 unspecified atom stereocenters. The van der Waals surface area contributed by atoms with Crippen LogP contribution in [0.15, 0.2) is 42.6 Å². The molecule has 1 saturated heterocycles. The highest BCUT2D eigenvalue weighted by atomic mass is 16.5. The van der Waals surface area contributed by atoms with Gasteiger partial charge in [0.2, 0.25) is 5.91 Å². The number of aromatic nitrogens is 1. The lowest BCUT2D eigenvalue weighted by molar-refractivity contribution is -0.126. The molecule has 2 aromatic carbocycles. The third-order valence-electron chi connectivity index (χ3n) is 6.74. The van der Waals surface area contributed by atoms with Gasteiger partial charge in [0.25, 0.3) is 0 Å². The van der Waals surface area contributed by atoms with E-state index in [1.54, 1.807) is 21.3 Å². The second kappa shape index (κ2) is 10.8. The van der Waals surface area contributed by atoms with Gasteiger partial charge >= 0.3 is 0 Å². The average Bonchev–Trinajstić information content (AvgIpc) is 3.23. The Morgan fingerprint density at radius 1 is 0.971 bits per heavy atom. The Kier molecular flexibility index (Phi) is 7.63. The molecule has 1 N–H and O–H groups in total. The molecular formula is C27H35N3O4. The van der Waals surface area contributed by atoms with E-state index in [4.69, 9.17) is 14.2 Å². The first-order valence-corrected chi connectivity index (χ1v) is 11.9. The van der Waals surface area contributed by atoms with Gasteiger partial charge in [0, 0.05) is 48.7 Å². The summed E-state index contributed by atoms with van der Waals surface area (Å²) in [6.07, 6.45) is 3.98. The minimum absolute atomic E-state index is 0.0424. The number of nitrogens with one attached hydrogen (secondary N) is 1. The molecule has 34 heavy (non-hydrogen) atoms. The highest BCUT2D eigenvalue weighted by Crippen LogP contribution is 2.29. The fourth-order valence-electron chi connectivity index (χ4n) is 4.76. The number of likely N-dealkylation sites (tertiary alicyclic amines) is 1. The molecule has 3 aromatic rings. The Hall–Kier alpha value is -3.19. The fourth-order valence-corrected chi connectivity index (χ4v) is 4.76. The van der Waals surface area contributed by atoms with Crippen molar-refractivity contribution < 1.29 is 19.0 Å². The number of carbonyl (C=O) groups is 1. The summed E-state index contributed by atoms with van der Waals surface area (Å²) in [6, 6.07) is 12.0. The Balaban J connectivity index is 1.33. The number of methoxy groups -OCH3 is 3. The van der Waals surface area contributed by atoms with E-state index in [2.05, 4.69) is 40.0 Å². The molecule has 1 amide bonds. The predicted octanol–water partition coefficient (Wildman–Crippen LogP) is 4.22. The molecule has 1 aromatic heterocycles. The normalized spacial score (nSPS) is 14.8. The summed E-state index contributed by atoms with van der Waals surface area (Å²) in [5.41, 5.74) is 3.51. The largest absolute Gasteiger partial charge is 0.497 e. The number of aryl methyl sites for hydroxylation is 1. The Labute approximate surface area is 201 Å². The third kappa shape index (κ3) is 5.30. The second-order valence-corrected chi connectivity index (χ2v) is 8.81. The van der Waals surface area contributed by atoms with Crippen LogP contribution in [0.2, 0.25) is 0 Å². The minimum atomic E-state index is 0.0424. The molecule has 0 spiro atoms. The molecule has 182 valence electrons. The first kappa shape index (κ1) is 24.0. The van der Waals surface area contributed by atoms with E-state index >= 15 is 0 Å². The zero-order valence-corrected chi connectivity index (χ0v) is 20.6. The molecule has 0 atom stereocenters. The molecule has 4 rings (SSSR count). The van der Waals surface area contributed by atoms with Crippen molar-refractivity contribution in [3.63, 3.8) is 0 Å². The SMILES string of the molecule is CCn1cc(CN2CCC(C(=O)NCc3cc(OC)cc(OC)c3)CC2)c2cc(OC)ccc21. The number of carbonyl (C=O) groups excluding carboxylic acids is 1. The van der Waals surface area contributed by atoms with Crippen LogP contribution in [0.4, 0.5) is 0 Å². The summed E-state index contributed by atoms with van der Waals surface area (Å²) in [7, 11) is 4.96. The van der Waals surface area contributed by atoms with Gasteiger partial charge in [0.1, 0.15) is 17.2 Å². The van der Waals surface area contributed by atoms with Gasteiger partial charge in [0.05, 0.1) is 21.3 Å². The maximum Gasteiger partial charge on any atom is 0.223 e. The van der Waals surface area contributed by atoms with Crippen molar-refractivity contribution in [1.82, 2.24) is 14.8 Å². The number of hydrogen-bond acceptors (Lipinski definition) is 5. The number of piperidine rings is 1. The van der Waals surface area contributed by atoms with E-state index < -0.39 is 0 Å². The molecule has 1 fully saturated rings. The zero-order chi connectivity index (χ0) is 24.1. The first-order valence-electron chi connectivity index (χ1n) is 11.9. The highest BCUT2D eigenvalue weighted by molar-refractivity contribution is 5.85.